The van der Waals surface area contributed by atoms with Crippen LogP contribution in [0.15, 0.2) is 36.4 Å². The number of alkyl halides is 6. The Balaban J connectivity index is 1.32. The van der Waals surface area contributed by atoms with E-state index in [0.29, 0.717) is 49.5 Å². The van der Waals surface area contributed by atoms with E-state index in [-0.39, 0.29) is 24.7 Å². The Hall–Kier alpha value is -2.73. The molecule has 2 aromatic carbocycles. The minimum absolute atomic E-state index is 0.0400. The second-order valence-corrected chi connectivity index (χ2v) is 12.8. The summed E-state index contributed by atoms with van der Waals surface area (Å²) in [6.07, 6.45) is -3.26. The molecule has 3 saturated heterocycles. The third kappa shape index (κ3) is 8.17. The first kappa shape index (κ1) is 33.6. The van der Waals surface area contributed by atoms with Gasteiger partial charge in [0.05, 0.1) is 17.5 Å². The number of benzene rings is 2. The Labute approximate surface area is 258 Å². The molecule has 3 fully saturated rings. The van der Waals surface area contributed by atoms with Gasteiger partial charge >= 0.3 is 12.4 Å². The maximum absolute atomic E-state index is 14.5. The number of hydrogen-bond donors (Lipinski definition) is 0. The molecule has 3 aliphatic heterocycles. The van der Waals surface area contributed by atoms with Gasteiger partial charge in [-0.2, -0.15) is 26.3 Å². The van der Waals surface area contributed by atoms with E-state index in [1.165, 1.54) is 30.2 Å². The molecular weight excluding hydrogens is 606 g/mol. The van der Waals surface area contributed by atoms with Crippen molar-refractivity contribution in [3.8, 4) is 0 Å². The zero-order valence-electron chi connectivity index (χ0n) is 25.1. The SMILES string of the molecule is O=C(Cc1cc(C(F)(F)F)cc(C(F)(F)F)c1)N1CCCC(CCN2CCC(N3CCCCC3)CC2)(c2ccc(F)c(F)c2)C1. The number of rotatable bonds is 7. The first-order valence-electron chi connectivity index (χ1n) is 15.7. The summed E-state index contributed by atoms with van der Waals surface area (Å²) in [5.41, 5.74) is -3.56. The number of hydrogen-bond acceptors (Lipinski definition) is 3. The van der Waals surface area contributed by atoms with E-state index in [1.54, 1.807) is 0 Å². The predicted molar refractivity (Wildman–Crippen MR) is 154 cm³/mol. The third-order valence-corrected chi connectivity index (χ3v) is 9.84. The van der Waals surface area contributed by atoms with E-state index in [9.17, 15) is 39.9 Å². The summed E-state index contributed by atoms with van der Waals surface area (Å²) in [4.78, 5) is 19.8. The van der Waals surface area contributed by atoms with Crippen molar-refractivity contribution in [3.05, 3.63) is 70.3 Å². The highest BCUT2D eigenvalue weighted by Gasteiger charge is 2.41. The van der Waals surface area contributed by atoms with Gasteiger partial charge in [0.25, 0.3) is 0 Å². The van der Waals surface area contributed by atoms with Gasteiger partial charge in [-0.05, 0) is 119 Å². The second kappa shape index (κ2) is 13.6. The molecule has 12 heteroatoms. The topological polar surface area (TPSA) is 26.8 Å². The largest absolute Gasteiger partial charge is 0.416 e. The summed E-state index contributed by atoms with van der Waals surface area (Å²) in [7, 11) is 0. The van der Waals surface area contributed by atoms with Crippen molar-refractivity contribution in [1.29, 1.82) is 0 Å². The van der Waals surface area contributed by atoms with E-state index in [2.05, 4.69) is 9.80 Å². The van der Waals surface area contributed by atoms with Crippen molar-refractivity contribution in [2.45, 2.75) is 81.6 Å². The van der Waals surface area contributed by atoms with Crippen LogP contribution in [-0.4, -0.2) is 72.5 Å². The number of piperidine rings is 3. The van der Waals surface area contributed by atoms with Gasteiger partial charge in [-0.25, -0.2) is 8.78 Å². The fraction of sp³-hybridized carbons (Fsp3) is 0.606. The van der Waals surface area contributed by atoms with Gasteiger partial charge in [-0.3, -0.25) is 4.79 Å². The Kier molecular flexibility index (Phi) is 10.1. The average Bonchev–Trinajstić information content (AvgIpc) is 3.01. The molecule has 0 aliphatic carbocycles. The number of halogens is 8. The van der Waals surface area contributed by atoms with Crippen molar-refractivity contribution >= 4 is 5.91 Å². The zero-order valence-corrected chi connectivity index (χ0v) is 25.1. The van der Waals surface area contributed by atoms with Crippen molar-refractivity contribution in [1.82, 2.24) is 14.7 Å². The summed E-state index contributed by atoms with van der Waals surface area (Å²) in [6, 6.07) is 5.46. The highest BCUT2D eigenvalue weighted by molar-refractivity contribution is 5.79. The Morgan fingerprint density at radius 2 is 1.42 bits per heavy atom. The summed E-state index contributed by atoms with van der Waals surface area (Å²) in [5, 5.41) is 0. The van der Waals surface area contributed by atoms with Crippen molar-refractivity contribution in [3.63, 3.8) is 0 Å². The number of likely N-dealkylation sites (tertiary alicyclic amines) is 3. The van der Waals surface area contributed by atoms with Crippen molar-refractivity contribution in [2.75, 3.05) is 45.8 Å². The molecule has 0 N–H and O–H groups in total. The van der Waals surface area contributed by atoms with Crippen LogP contribution in [0.4, 0.5) is 35.1 Å². The maximum atomic E-state index is 14.5. The van der Waals surface area contributed by atoms with E-state index in [4.69, 9.17) is 0 Å². The standard InChI is InChI=1S/C33H39F8N3O/c34-28-6-5-24(21-29(28)35)31(10-16-42-14-7-27(8-15-42)43-11-2-1-3-12-43)9-4-13-44(22-31)30(45)19-23-17-25(32(36,37)38)20-26(18-23)33(39,40)41/h5-6,17-18,20-21,27H,1-4,7-16,19,22H2. The van der Waals surface area contributed by atoms with Crippen LogP contribution in [0.3, 0.4) is 0 Å². The first-order chi connectivity index (χ1) is 21.2. The van der Waals surface area contributed by atoms with Crippen LogP contribution in [0.1, 0.15) is 73.6 Å². The zero-order chi connectivity index (χ0) is 32.4. The quantitative estimate of drug-likeness (QED) is 0.293. The van der Waals surface area contributed by atoms with Crippen LogP contribution in [0.25, 0.3) is 0 Å². The fourth-order valence-electron chi connectivity index (χ4n) is 7.33. The lowest BCUT2D eigenvalue weighted by Gasteiger charge is -2.45. The average molecular weight is 646 g/mol. The molecule has 45 heavy (non-hydrogen) atoms. The van der Waals surface area contributed by atoms with Crippen LogP contribution >= 0.6 is 0 Å². The summed E-state index contributed by atoms with van der Waals surface area (Å²) >= 11 is 0. The first-order valence-corrected chi connectivity index (χ1v) is 15.7. The van der Waals surface area contributed by atoms with Crippen molar-refractivity contribution in [2.24, 2.45) is 0 Å². The molecule has 1 unspecified atom stereocenters. The van der Waals surface area contributed by atoms with Gasteiger partial charge in [0.15, 0.2) is 11.6 Å². The smallest absolute Gasteiger partial charge is 0.342 e. The van der Waals surface area contributed by atoms with Gasteiger partial charge in [-0.1, -0.05) is 12.5 Å². The maximum Gasteiger partial charge on any atom is 0.416 e. The Morgan fingerprint density at radius 1 is 0.778 bits per heavy atom. The monoisotopic (exact) mass is 645 g/mol. The normalized spacial score (nSPS) is 23.0. The molecule has 0 aromatic heterocycles. The van der Waals surface area contributed by atoms with Gasteiger partial charge < -0.3 is 14.7 Å². The summed E-state index contributed by atoms with van der Waals surface area (Å²) < 4.78 is 109. The molecular formula is C33H39F8N3O. The minimum atomic E-state index is -5.02. The number of carbonyl (C=O) groups excluding carboxylic acids is 1. The highest BCUT2D eigenvalue weighted by atomic mass is 19.4. The van der Waals surface area contributed by atoms with Crippen LogP contribution in [-0.2, 0) is 29.0 Å². The lowest BCUT2D eigenvalue weighted by atomic mass is 9.71. The molecule has 0 spiro atoms. The molecule has 1 atom stereocenters. The van der Waals surface area contributed by atoms with E-state index < -0.39 is 52.9 Å². The molecule has 4 nitrogen and oxygen atoms in total. The lowest BCUT2D eigenvalue weighted by Crippen LogP contribution is -2.51. The van der Waals surface area contributed by atoms with Gasteiger partial charge in [0.1, 0.15) is 0 Å². The van der Waals surface area contributed by atoms with Crippen LogP contribution in [0.2, 0.25) is 0 Å². The van der Waals surface area contributed by atoms with Crippen molar-refractivity contribution < 1.29 is 39.9 Å². The van der Waals surface area contributed by atoms with E-state index >= 15 is 0 Å². The fourth-order valence-corrected chi connectivity index (χ4v) is 7.33. The van der Waals surface area contributed by atoms with Gasteiger partial charge in [-0.15, -0.1) is 0 Å². The number of carbonyl (C=O) groups is 1. The molecule has 248 valence electrons. The third-order valence-electron chi connectivity index (χ3n) is 9.84. The molecule has 0 bridgehead atoms. The highest BCUT2D eigenvalue weighted by Crippen LogP contribution is 2.40. The number of amides is 1. The Morgan fingerprint density at radius 3 is 2.02 bits per heavy atom. The second-order valence-electron chi connectivity index (χ2n) is 12.8. The summed E-state index contributed by atoms with van der Waals surface area (Å²) in [5.74, 6) is -2.62. The lowest BCUT2D eigenvalue weighted by molar-refractivity contribution is -0.143. The molecule has 0 saturated carbocycles. The van der Waals surface area contributed by atoms with Crippen LogP contribution in [0, 0.1) is 11.6 Å². The minimum Gasteiger partial charge on any atom is -0.342 e. The van der Waals surface area contributed by atoms with Gasteiger partial charge in [0.2, 0.25) is 5.91 Å². The molecule has 2 aromatic rings. The van der Waals surface area contributed by atoms with Crippen LogP contribution in [0.5, 0.6) is 0 Å². The summed E-state index contributed by atoms with van der Waals surface area (Å²) in [6.45, 7) is 5.08. The molecule has 3 heterocycles. The van der Waals surface area contributed by atoms with Gasteiger partial charge in [0, 0.05) is 24.5 Å². The van der Waals surface area contributed by atoms with E-state index in [0.717, 1.165) is 51.2 Å². The number of nitrogens with zero attached hydrogens (tertiary/aromatic N) is 3. The van der Waals surface area contributed by atoms with E-state index in [1.807, 2.05) is 0 Å². The predicted octanol–water partition coefficient (Wildman–Crippen LogP) is 7.45. The van der Waals surface area contributed by atoms with Crippen LogP contribution < -0.4 is 0 Å². The molecule has 3 aliphatic rings. The molecule has 5 rings (SSSR count). The molecule has 1 amide bonds. The Bertz CT molecular complexity index is 1300. The molecule has 0 radical (unpaired) electrons.